The summed E-state index contributed by atoms with van der Waals surface area (Å²) < 4.78 is 0. The molecule has 0 aromatic carbocycles. The standard InChI is InChI=1S/C14H22O8/c1-2-5-8(10(13(19)20)14(21)22)6-3-4-7-9(11(15)16)12(17)18/h8-10H,2-7H2,1H3,(H,15,16)(H,17,18)(H,19,20)(H,21,22). The highest BCUT2D eigenvalue weighted by atomic mass is 16.4. The molecule has 8 nitrogen and oxygen atoms in total. The first kappa shape index (κ1) is 19.9. The molecule has 0 saturated heterocycles. The first-order valence-electron chi connectivity index (χ1n) is 7.13. The molecule has 0 aliphatic carbocycles. The zero-order valence-corrected chi connectivity index (χ0v) is 12.4. The minimum atomic E-state index is -1.49. The Hall–Kier alpha value is -2.12. The number of unbranched alkanes of at least 4 members (excludes halogenated alkanes) is 1. The van der Waals surface area contributed by atoms with Gasteiger partial charge in [-0.1, -0.05) is 26.2 Å². The van der Waals surface area contributed by atoms with Gasteiger partial charge in [0.1, 0.15) is 0 Å². The van der Waals surface area contributed by atoms with Gasteiger partial charge in [-0.2, -0.15) is 0 Å². The van der Waals surface area contributed by atoms with Crippen LogP contribution in [0.1, 0.15) is 45.4 Å². The Morgan fingerprint density at radius 3 is 1.55 bits per heavy atom. The molecule has 0 aromatic heterocycles. The summed E-state index contributed by atoms with van der Waals surface area (Å²) in [6.45, 7) is 1.82. The molecule has 0 aliphatic heterocycles. The third kappa shape index (κ3) is 6.55. The molecule has 8 heteroatoms. The summed E-state index contributed by atoms with van der Waals surface area (Å²) in [5.41, 5.74) is 0. The molecular weight excluding hydrogens is 296 g/mol. The maximum absolute atomic E-state index is 11.0. The van der Waals surface area contributed by atoms with Crippen molar-refractivity contribution in [3.8, 4) is 0 Å². The first-order valence-corrected chi connectivity index (χ1v) is 7.13. The monoisotopic (exact) mass is 318 g/mol. The van der Waals surface area contributed by atoms with Gasteiger partial charge < -0.3 is 20.4 Å². The fraction of sp³-hybridized carbons (Fsp3) is 0.714. The van der Waals surface area contributed by atoms with Crippen LogP contribution in [-0.4, -0.2) is 44.3 Å². The van der Waals surface area contributed by atoms with Gasteiger partial charge in [0.2, 0.25) is 0 Å². The van der Waals surface area contributed by atoms with Crippen molar-refractivity contribution in [3.63, 3.8) is 0 Å². The van der Waals surface area contributed by atoms with Crippen molar-refractivity contribution in [2.75, 3.05) is 0 Å². The van der Waals surface area contributed by atoms with Crippen molar-refractivity contribution in [2.24, 2.45) is 17.8 Å². The second kappa shape index (κ2) is 9.75. The Morgan fingerprint density at radius 1 is 0.727 bits per heavy atom. The average Bonchev–Trinajstić information content (AvgIpc) is 2.36. The number of aliphatic carboxylic acids is 4. The Morgan fingerprint density at radius 2 is 1.18 bits per heavy atom. The predicted molar refractivity (Wildman–Crippen MR) is 74.4 cm³/mol. The molecule has 0 rings (SSSR count). The van der Waals surface area contributed by atoms with E-state index >= 15 is 0 Å². The summed E-state index contributed by atoms with van der Waals surface area (Å²) >= 11 is 0. The predicted octanol–water partition coefficient (Wildman–Crippen LogP) is 1.53. The molecule has 0 bridgehead atoms. The highest BCUT2D eigenvalue weighted by Gasteiger charge is 2.34. The number of rotatable bonds is 12. The van der Waals surface area contributed by atoms with Gasteiger partial charge in [0.05, 0.1) is 0 Å². The smallest absolute Gasteiger partial charge is 0.318 e. The third-order valence-corrected chi connectivity index (χ3v) is 3.58. The summed E-state index contributed by atoms with van der Waals surface area (Å²) in [6.07, 6.45) is 1.99. The molecule has 1 unspecified atom stereocenters. The maximum atomic E-state index is 11.0. The van der Waals surface area contributed by atoms with E-state index in [0.29, 0.717) is 25.7 Å². The topological polar surface area (TPSA) is 149 Å². The van der Waals surface area contributed by atoms with E-state index in [9.17, 15) is 19.2 Å². The SMILES string of the molecule is CCCC(CCCCC(C(=O)O)C(=O)O)C(C(=O)O)C(=O)O. The first-order chi connectivity index (χ1) is 10.2. The van der Waals surface area contributed by atoms with Gasteiger partial charge in [-0.3, -0.25) is 19.2 Å². The number of carbonyl (C=O) groups is 4. The van der Waals surface area contributed by atoms with Crippen molar-refractivity contribution in [3.05, 3.63) is 0 Å². The van der Waals surface area contributed by atoms with Crippen molar-refractivity contribution < 1.29 is 39.6 Å². The number of carboxylic acids is 4. The fourth-order valence-electron chi connectivity index (χ4n) is 2.46. The van der Waals surface area contributed by atoms with E-state index in [1.54, 1.807) is 0 Å². The normalized spacial score (nSPS) is 12.3. The fourth-order valence-corrected chi connectivity index (χ4v) is 2.46. The van der Waals surface area contributed by atoms with Crippen molar-refractivity contribution in [1.29, 1.82) is 0 Å². The summed E-state index contributed by atoms with van der Waals surface area (Å²) in [4.78, 5) is 43.5. The second-order valence-electron chi connectivity index (χ2n) is 5.22. The summed E-state index contributed by atoms with van der Waals surface area (Å²) in [5.74, 6) is -9.12. The molecular formula is C14H22O8. The van der Waals surface area contributed by atoms with Crippen molar-refractivity contribution in [2.45, 2.75) is 45.4 Å². The lowest BCUT2D eigenvalue weighted by Crippen LogP contribution is -2.31. The van der Waals surface area contributed by atoms with Crippen LogP contribution in [0.3, 0.4) is 0 Å². The van der Waals surface area contributed by atoms with E-state index in [2.05, 4.69) is 0 Å². The Bertz CT molecular complexity index is 389. The Kier molecular flexibility index (Phi) is 8.81. The van der Waals surface area contributed by atoms with Gasteiger partial charge in [0, 0.05) is 0 Å². The highest BCUT2D eigenvalue weighted by Crippen LogP contribution is 2.25. The van der Waals surface area contributed by atoms with Crippen LogP contribution in [0.4, 0.5) is 0 Å². The van der Waals surface area contributed by atoms with Crippen LogP contribution in [0.25, 0.3) is 0 Å². The van der Waals surface area contributed by atoms with Gasteiger partial charge in [-0.05, 0) is 25.2 Å². The van der Waals surface area contributed by atoms with Crippen LogP contribution in [0, 0.1) is 17.8 Å². The lowest BCUT2D eigenvalue weighted by atomic mass is 9.84. The van der Waals surface area contributed by atoms with Crippen LogP contribution in [0.2, 0.25) is 0 Å². The van der Waals surface area contributed by atoms with E-state index in [0.717, 1.165) is 0 Å². The maximum Gasteiger partial charge on any atom is 0.318 e. The lowest BCUT2D eigenvalue weighted by Gasteiger charge is -2.20. The Labute approximate surface area is 127 Å². The molecule has 22 heavy (non-hydrogen) atoms. The third-order valence-electron chi connectivity index (χ3n) is 3.58. The molecule has 1 atom stereocenters. The average molecular weight is 318 g/mol. The van der Waals surface area contributed by atoms with Crippen molar-refractivity contribution >= 4 is 23.9 Å². The van der Waals surface area contributed by atoms with E-state index < -0.39 is 41.6 Å². The van der Waals surface area contributed by atoms with E-state index in [-0.39, 0.29) is 12.8 Å². The van der Waals surface area contributed by atoms with Gasteiger partial charge in [-0.15, -0.1) is 0 Å². The number of hydrogen-bond donors (Lipinski definition) is 4. The van der Waals surface area contributed by atoms with Crippen LogP contribution in [0.5, 0.6) is 0 Å². The number of hydrogen-bond acceptors (Lipinski definition) is 4. The summed E-state index contributed by atoms with van der Waals surface area (Å²) in [7, 11) is 0. The minimum absolute atomic E-state index is 0.0612. The van der Waals surface area contributed by atoms with Gasteiger partial charge in [0.25, 0.3) is 0 Å². The zero-order valence-electron chi connectivity index (χ0n) is 12.4. The minimum Gasteiger partial charge on any atom is -0.481 e. The summed E-state index contributed by atoms with van der Waals surface area (Å²) in [5, 5.41) is 35.5. The lowest BCUT2D eigenvalue weighted by molar-refractivity contribution is -0.158. The van der Waals surface area contributed by atoms with Crippen LogP contribution < -0.4 is 0 Å². The quantitative estimate of drug-likeness (QED) is 0.312. The zero-order chi connectivity index (χ0) is 17.3. The van der Waals surface area contributed by atoms with Crippen LogP contribution in [0.15, 0.2) is 0 Å². The molecule has 0 amide bonds. The molecule has 0 aliphatic rings. The van der Waals surface area contributed by atoms with Gasteiger partial charge >= 0.3 is 23.9 Å². The van der Waals surface area contributed by atoms with Crippen LogP contribution in [-0.2, 0) is 19.2 Å². The Balaban J connectivity index is 4.54. The molecule has 0 saturated carbocycles. The molecule has 4 N–H and O–H groups in total. The largest absolute Gasteiger partial charge is 0.481 e. The van der Waals surface area contributed by atoms with Crippen molar-refractivity contribution in [1.82, 2.24) is 0 Å². The number of carboxylic acid groups (broad SMARTS) is 4. The molecule has 0 heterocycles. The molecule has 0 spiro atoms. The second-order valence-corrected chi connectivity index (χ2v) is 5.22. The van der Waals surface area contributed by atoms with Gasteiger partial charge in [0.15, 0.2) is 11.8 Å². The van der Waals surface area contributed by atoms with E-state index in [1.807, 2.05) is 6.92 Å². The molecule has 126 valence electrons. The van der Waals surface area contributed by atoms with Crippen LogP contribution >= 0.6 is 0 Å². The molecule has 0 radical (unpaired) electrons. The van der Waals surface area contributed by atoms with Gasteiger partial charge in [-0.25, -0.2) is 0 Å². The highest BCUT2D eigenvalue weighted by molar-refractivity contribution is 5.93. The summed E-state index contributed by atoms with van der Waals surface area (Å²) in [6, 6.07) is 0. The molecule has 0 fully saturated rings. The molecule has 0 aromatic rings. The van der Waals surface area contributed by atoms with E-state index in [4.69, 9.17) is 20.4 Å². The van der Waals surface area contributed by atoms with E-state index in [1.165, 1.54) is 0 Å².